The van der Waals surface area contributed by atoms with Crippen LogP contribution in [0.2, 0.25) is 0 Å². The van der Waals surface area contributed by atoms with E-state index in [1.54, 1.807) is 0 Å². The summed E-state index contributed by atoms with van der Waals surface area (Å²) in [5.41, 5.74) is 4.78. The minimum atomic E-state index is 0.102. The predicted octanol–water partition coefficient (Wildman–Crippen LogP) is 8.00. The summed E-state index contributed by atoms with van der Waals surface area (Å²) >= 11 is 0. The van der Waals surface area contributed by atoms with Crippen LogP contribution in [0.15, 0.2) is 85.0 Å². The summed E-state index contributed by atoms with van der Waals surface area (Å²) in [6.07, 6.45) is 13.5. The van der Waals surface area contributed by atoms with Crippen LogP contribution in [0.3, 0.4) is 0 Å². The molecule has 0 amide bonds. The van der Waals surface area contributed by atoms with Crippen molar-refractivity contribution in [1.82, 2.24) is 9.55 Å². The Labute approximate surface area is 181 Å². The largest absolute Gasteiger partial charge is 0.293 e. The summed E-state index contributed by atoms with van der Waals surface area (Å²) in [5, 5.41) is 0. The summed E-state index contributed by atoms with van der Waals surface area (Å²) < 4.78 is 2.32. The Morgan fingerprint density at radius 2 is 1.77 bits per heavy atom. The molecule has 3 aromatic rings. The van der Waals surface area contributed by atoms with E-state index >= 15 is 0 Å². The van der Waals surface area contributed by atoms with E-state index in [1.807, 2.05) is 13.8 Å². The number of imidazole rings is 1. The molecular weight excluding hydrogens is 364 g/mol. The molecule has 0 radical (unpaired) electrons. The molecule has 4 rings (SSSR count). The highest BCUT2D eigenvalue weighted by atomic mass is 15.1. The van der Waals surface area contributed by atoms with Gasteiger partial charge in [-0.15, -0.1) is 0 Å². The van der Waals surface area contributed by atoms with Gasteiger partial charge in [-0.3, -0.25) is 4.57 Å². The van der Waals surface area contributed by atoms with Crippen LogP contribution in [-0.2, 0) is 0 Å². The maximum absolute atomic E-state index is 5.11. The quantitative estimate of drug-likeness (QED) is 0.398. The van der Waals surface area contributed by atoms with Gasteiger partial charge in [0, 0.05) is 5.69 Å². The molecule has 156 valence electrons. The van der Waals surface area contributed by atoms with E-state index in [1.165, 1.54) is 5.57 Å². The predicted molar refractivity (Wildman–Crippen MR) is 131 cm³/mol. The number of fused-ring (bicyclic) bond motifs is 1. The smallest absolute Gasteiger partial charge is 0.141 e. The molecule has 0 bridgehead atoms. The van der Waals surface area contributed by atoms with Gasteiger partial charge < -0.3 is 0 Å². The van der Waals surface area contributed by atoms with Gasteiger partial charge in [0.25, 0.3) is 0 Å². The van der Waals surface area contributed by atoms with Gasteiger partial charge in [0.05, 0.1) is 11.0 Å². The van der Waals surface area contributed by atoms with Gasteiger partial charge in [0.2, 0.25) is 0 Å². The third kappa shape index (κ3) is 4.05. The van der Waals surface area contributed by atoms with Crippen LogP contribution in [0.25, 0.3) is 22.3 Å². The molecule has 1 aromatic heterocycles. The second kappa shape index (κ2) is 9.75. The molecule has 0 N–H and O–H groups in total. The van der Waals surface area contributed by atoms with Gasteiger partial charge in [0.15, 0.2) is 0 Å². The summed E-state index contributed by atoms with van der Waals surface area (Å²) in [7, 11) is 0. The fraction of sp³-hybridized carbons (Fsp3) is 0.321. The maximum atomic E-state index is 5.11. The van der Waals surface area contributed by atoms with Gasteiger partial charge in [-0.25, -0.2) is 4.98 Å². The molecule has 1 heterocycles. The standard InChI is InChI=1S/C26H28N2.C2H6/c1-4-19-26(3,5-2)22-16-10-9-15-21(22)25-27-23-17-11-12-18-24(23)28(25)20-13-7-6-8-14-20;1-2/h4,6-15,17-19,22H,5,16H2,1-3H3;1-2H3. The van der Waals surface area contributed by atoms with Crippen molar-refractivity contribution < 1.29 is 0 Å². The first-order valence-corrected chi connectivity index (χ1v) is 11.2. The number of hydrogen-bond acceptors (Lipinski definition) is 1. The average Bonchev–Trinajstić information content (AvgIpc) is 3.20. The fourth-order valence-corrected chi connectivity index (χ4v) is 4.40. The molecule has 0 aliphatic heterocycles. The van der Waals surface area contributed by atoms with Gasteiger partial charge in [-0.05, 0) is 60.9 Å². The number of aromatic nitrogens is 2. The summed E-state index contributed by atoms with van der Waals surface area (Å²) in [5.74, 6) is 1.46. The molecule has 30 heavy (non-hydrogen) atoms. The van der Waals surface area contributed by atoms with E-state index < -0.39 is 0 Å². The first-order valence-electron chi connectivity index (χ1n) is 11.2. The molecule has 2 aromatic carbocycles. The molecule has 0 saturated carbocycles. The van der Waals surface area contributed by atoms with Crippen molar-refractivity contribution in [1.29, 1.82) is 0 Å². The Kier molecular flexibility index (Phi) is 7.10. The molecule has 0 saturated heterocycles. The van der Waals surface area contributed by atoms with Gasteiger partial charge in [-0.2, -0.15) is 0 Å². The number of hydrogen-bond donors (Lipinski definition) is 0. The molecule has 1 aliphatic carbocycles. The zero-order valence-electron chi connectivity index (χ0n) is 19.0. The lowest BCUT2D eigenvalue weighted by Crippen LogP contribution is -2.27. The minimum Gasteiger partial charge on any atom is -0.293 e. The number of allylic oxidation sites excluding steroid dienone is 6. The van der Waals surface area contributed by atoms with Crippen LogP contribution in [0.5, 0.6) is 0 Å². The monoisotopic (exact) mass is 398 g/mol. The Hall–Kier alpha value is -2.87. The highest BCUT2D eigenvalue weighted by Gasteiger charge is 2.35. The zero-order valence-corrected chi connectivity index (χ0v) is 19.0. The molecule has 1 aliphatic rings. The lowest BCUT2D eigenvalue weighted by Gasteiger charge is -2.37. The third-order valence-electron chi connectivity index (χ3n) is 6.10. The lowest BCUT2D eigenvalue weighted by atomic mass is 9.68. The number of nitrogens with zero attached hydrogens (tertiary/aromatic N) is 2. The van der Waals surface area contributed by atoms with E-state index in [-0.39, 0.29) is 5.41 Å². The van der Waals surface area contributed by atoms with Crippen molar-refractivity contribution >= 4 is 16.6 Å². The zero-order chi connectivity index (χ0) is 21.6. The van der Waals surface area contributed by atoms with Crippen molar-refractivity contribution in [3.8, 4) is 5.69 Å². The summed E-state index contributed by atoms with van der Waals surface area (Å²) in [6.45, 7) is 10.8. The molecule has 0 spiro atoms. The highest BCUT2D eigenvalue weighted by molar-refractivity contribution is 5.83. The molecule has 2 atom stereocenters. The van der Waals surface area contributed by atoms with Crippen molar-refractivity contribution in [3.63, 3.8) is 0 Å². The Morgan fingerprint density at radius 1 is 1.07 bits per heavy atom. The van der Waals surface area contributed by atoms with Crippen LogP contribution >= 0.6 is 0 Å². The van der Waals surface area contributed by atoms with E-state index in [0.717, 1.165) is 35.4 Å². The average molecular weight is 399 g/mol. The third-order valence-corrected chi connectivity index (χ3v) is 6.10. The molecule has 0 fully saturated rings. The Bertz CT molecular complexity index is 1050. The van der Waals surface area contributed by atoms with Crippen molar-refractivity contribution in [2.45, 2.75) is 47.5 Å². The van der Waals surface area contributed by atoms with E-state index in [9.17, 15) is 0 Å². The number of rotatable bonds is 5. The van der Waals surface area contributed by atoms with Gasteiger partial charge in [-0.1, -0.05) is 88.4 Å². The molecule has 2 unspecified atom stereocenters. The van der Waals surface area contributed by atoms with E-state index in [2.05, 4.69) is 110 Å². The number of para-hydroxylation sites is 3. The SMILES string of the molecule is CC.CC=CC(C)(CC)C1CC=CC=C1c1nc2ccccc2n1-c1ccccc1. The maximum Gasteiger partial charge on any atom is 0.141 e. The van der Waals surface area contributed by atoms with Gasteiger partial charge in [0.1, 0.15) is 5.82 Å². The second-order valence-corrected chi connectivity index (χ2v) is 7.79. The molecule has 2 heteroatoms. The fourth-order valence-electron chi connectivity index (χ4n) is 4.40. The van der Waals surface area contributed by atoms with Crippen molar-refractivity contribution in [2.24, 2.45) is 11.3 Å². The summed E-state index contributed by atoms with van der Waals surface area (Å²) in [4.78, 5) is 5.11. The van der Waals surface area contributed by atoms with E-state index in [4.69, 9.17) is 4.98 Å². The van der Waals surface area contributed by atoms with Crippen LogP contribution in [-0.4, -0.2) is 9.55 Å². The molecule has 2 nitrogen and oxygen atoms in total. The van der Waals surface area contributed by atoms with Gasteiger partial charge >= 0.3 is 0 Å². The second-order valence-electron chi connectivity index (χ2n) is 7.79. The minimum absolute atomic E-state index is 0.102. The topological polar surface area (TPSA) is 17.8 Å². The number of benzene rings is 2. The van der Waals surface area contributed by atoms with Crippen LogP contribution in [0.4, 0.5) is 0 Å². The van der Waals surface area contributed by atoms with Crippen molar-refractivity contribution in [2.75, 3.05) is 0 Å². The summed E-state index contributed by atoms with van der Waals surface area (Å²) in [6, 6.07) is 19.0. The van der Waals surface area contributed by atoms with Crippen molar-refractivity contribution in [3.05, 3.63) is 90.8 Å². The lowest BCUT2D eigenvalue weighted by molar-refractivity contribution is 0.305. The van der Waals surface area contributed by atoms with Crippen LogP contribution < -0.4 is 0 Å². The highest BCUT2D eigenvalue weighted by Crippen LogP contribution is 2.45. The first kappa shape index (κ1) is 21.8. The normalized spacial score (nSPS) is 18.0. The molecular formula is C28H34N2. The first-order chi connectivity index (χ1) is 14.7. The Morgan fingerprint density at radius 3 is 2.47 bits per heavy atom. The van der Waals surface area contributed by atoms with Crippen LogP contribution in [0, 0.1) is 11.3 Å². The Balaban J connectivity index is 0.00000124. The van der Waals surface area contributed by atoms with Crippen LogP contribution in [0.1, 0.15) is 53.3 Å². The van der Waals surface area contributed by atoms with E-state index in [0.29, 0.717) is 5.92 Å².